The topological polar surface area (TPSA) is 80.9 Å². The molecule has 1 atom stereocenters. The summed E-state index contributed by atoms with van der Waals surface area (Å²) in [5, 5.41) is 14.3. The maximum absolute atomic E-state index is 13.6. The summed E-state index contributed by atoms with van der Waals surface area (Å²) in [5.41, 5.74) is 1.21. The maximum atomic E-state index is 13.6. The first-order valence-corrected chi connectivity index (χ1v) is 12.1. The fraction of sp³-hybridized carbons (Fsp3) is 0.160. The molecule has 1 aliphatic rings. The lowest BCUT2D eigenvalue weighted by molar-refractivity contribution is -0.139. The van der Waals surface area contributed by atoms with Gasteiger partial charge in [0.2, 0.25) is 0 Å². The van der Waals surface area contributed by atoms with E-state index in [1.54, 1.807) is 30.6 Å². The number of esters is 1. The molecule has 2 aromatic carbocycles. The molecule has 8 heteroatoms. The molecular weight excluding hydrogens is 456 g/mol. The molecule has 1 N–H and O–H groups in total. The number of allylic oxidation sites excluding steroid dienone is 1. The number of hydrogen-bond donors (Lipinski definition) is 1. The fourth-order valence-electron chi connectivity index (χ4n) is 4.07. The van der Waals surface area contributed by atoms with Crippen molar-refractivity contribution in [1.82, 2.24) is 4.57 Å². The summed E-state index contributed by atoms with van der Waals surface area (Å²) >= 11 is 2.71. The van der Waals surface area contributed by atoms with E-state index >= 15 is 0 Å². The number of fused-ring (bicyclic) bond motifs is 2. The van der Waals surface area contributed by atoms with Crippen LogP contribution in [0.1, 0.15) is 30.3 Å². The molecule has 1 unspecified atom stereocenters. The molecule has 0 aliphatic carbocycles. The first kappa shape index (κ1) is 21.4. The molecule has 2 aromatic heterocycles. The zero-order valence-corrected chi connectivity index (χ0v) is 19.6. The molecule has 1 aliphatic heterocycles. The van der Waals surface area contributed by atoms with E-state index in [-0.39, 0.29) is 17.9 Å². The molecule has 0 spiro atoms. The van der Waals surface area contributed by atoms with E-state index in [9.17, 15) is 14.7 Å². The van der Waals surface area contributed by atoms with Crippen LogP contribution in [0.15, 0.2) is 75.0 Å². The Morgan fingerprint density at radius 3 is 2.79 bits per heavy atom. The normalized spacial score (nSPS) is 16.1. The summed E-state index contributed by atoms with van der Waals surface area (Å²) in [6.07, 6.45) is 1.70. The van der Waals surface area contributed by atoms with Gasteiger partial charge in [0.1, 0.15) is 11.8 Å². The molecule has 6 nitrogen and oxygen atoms in total. The van der Waals surface area contributed by atoms with E-state index in [0.29, 0.717) is 26.2 Å². The largest absolute Gasteiger partial charge is 0.507 e. The summed E-state index contributed by atoms with van der Waals surface area (Å²) in [6.45, 7) is 3.75. The first-order valence-electron chi connectivity index (χ1n) is 10.4. The molecule has 0 bridgehead atoms. The van der Waals surface area contributed by atoms with Crippen LogP contribution in [0, 0.1) is 0 Å². The summed E-state index contributed by atoms with van der Waals surface area (Å²) < 4.78 is 7.29. The molecule has 0 saturated carbocycles. The van der Waals surface area contributed by atoms with E-state index in [1.807, 2.05) is 47.8 Å². The Balaban J connectivity index is 1.77. The van der Waals surface area contributed by atoms with Crippen LogP contribution >= 0.6 is 22.7 Å². The van der Waals surface area contributed by atoms with Crippen molar-refractivity contribution in [2.75, 3.05) is 6.61 Å². The van der Waals surface area contributed by atoms with Crippen molar-refractivity contribution in [3.63, 3.8) is 0 Å². The quantitative estimate of drug-likeness (QED) is 0.455. The van der Waals surface area contributed by atoms with Crippen LogP contribution < -0.4 is 14.9 Å². The predicted octanol–water partition coefficient (Wildman–Crippen LogP) is 3.72. The highest BCUT2D eigenvalue weighted by molar-refractivity contribution is 7.10. The van der Waals surface area contributed by atoms with Crippen LogP contribution in [-0.4, -0.2) is 22.2 Å². The highest BCUT2D eigenvalue weighted by atomic mass is 32.1. The number of hydrogen-bond acceptors (Lipinski definition) is 7. The monoisotopic (exact) mass is 476 g/mol. The number of phenolic OH excluding ortho intramolecular Hbond substituents is 1. The second-order valence-electron chi connectivity index (χ2n) is 7.54. The molecule has 166 valence electrons. The minimum absolute atomic E-state index is 0.0951. The minimum Gasteiger partial charge on any atom is -0.507 e. The van der Waals surface area contributed by atoms with Crippen LogP contribution in [0.5, 0.6) is 5.75 Å². The van der Waals surface area contributed by atoms with Gasteiger partial charge in [-0.05, 0) is 48.2 Å². The lowest BCUT2D eigenvalue weighted by atomic mass is 10.0. The number of carbonyl (C=O) groups excluding carboxylic acids is 1. The van der Waals surface area contributed by atoms with Crippen LogP contribution in [0.4, 0.5) is 0 Å². The van der Waals surface area contributed by atoms with E-state index in [0.717, 1.165) is 15.6 Å². The zero-order chi connectivity index (χ0) is 23.1. The average Bonchev–Trinajstić information content (AvgIpc) is 3.43. The van der Waals surface area contributed by atoms with Gasteiger partial charge in [-0.2, -0.15) is 0 Å². The number of thiazole rings is 1. The Morgan fingerprint density at radius 1 is 1.21 bits per heavy atom. The number of aromatic hydroxyl groups is 1. The summed E-state index contributed by atoms with van der Waals surface area (Å²) in [6, 6.07) is 14.4. The molecule has 0 amide bonds. The number of aromatic nitrogens is 1. The van der Waals surface area contributed by atoms with Gasteiger partial charge in [0.25, 0.3) is 5.56 Å². The number of nitrogens with zero attached hydrogens (tertiary/aromatic N) is 2. The fourth-order valence-corrected chi connectivity index (χ4v) is 5.93. The number of ether oxygens (including phenoxy) is 1. The second-order valence-corrected chi connectivity index (χ2v) is 9.53. The molecule has 33 heavy (non-hydrogen) atoms. The van der Waals surface area contributed by atoms with Crippen LogP contribution in [-0.2, 0) is 9.53 Å². The average molecular weight is 477 g/mol. The molecule has 3 heterocycles. The summed E-state index contributed by atoms with van der Waals surface area (Å²) in [4.78, 5) is 32.4. The van der Waals surface area contributed by atoms with Crippen molar-refractivity contribution >= 4 is 45.5 Å². The van der Waals surface area contributed by atoms with Crippen molar-refractivity contribution in [3.8, 4) is 5.75 Å². The number of benzene rings is 2. The third kappa shape index (κ3) is 3.61. The van der Waals surface area contributed by atoms with E-state index in [4.69, 9.17) is 4.74 Å². The lowest BCUT2D eigenvalue weighted by Crippen LogP contribution is -2.39. The van der Waals surface area contributed by atoms with Gasteiger partial charge in [-0.15, -0.1) is 11.3 Å². The number of thiophene rings is 1. The maximum Gasteiger partial charge on any atom is 0.338 e. The van der Waals surface area contributed by atoms with E-state index in [2.05, 4.69) is 4.99 Å². The predicted molar refractivity (Wildman–Crippen MR) is 130 cm³/mol. The minimum atomic E-state index is -0.608. The highest BCUT2D eigenvalue weighted by Gasteiger charge is 2.33. The van der Waals surface area contributed by atoms with Gasteiger partial charge in [0, 0.05) is 10.4 Å². The molecule has 0 radical (unpaired) electrons. The Kier molecular flexibility index (Phi) is 5.47. The SMILES string of the molecule is CCOC(=O)C1=C(C)N=c2sc(=Cc3c(O)ccc4ccccc34)c(=O)n2C1c1cccs1. The van der Waals surface area contributed by atoms with Crippen molar-refractivity contribution in [1.29, 1.82) is 0 Å². The Bertz CT molecular complexity index is 1590. The van der Waals surface area contributed by atoms with E-state index < -0.39 is 12.0 Å². The Morgan fingerprint density at radius 2 is 2.03 bits per heavy atom. The third-order valence-electron chi connectivity index (χ3n) is 5.55. The molecule has 5 rings (SSSR count). The van der Waals surface area contributed by atoms with Gasteiger partial charge in [-0.3, -0.25) is 9.36 Å². The van der Waals surface area contributed by atoms with Crippen molar-refractivity contribution in [2.45, 2.75) is 19.9 Å². The van der Waals surface area contributed by atoms with Gasteiger partial charge in [0.15, 0.2) is 4.80 Å². The molecule has 0 fully saturated rings. The highest BCUT2D eigenvalue weighted by Crippen LogP contribution is 2.33. The van der Waals surface area contributed by atoms with Crippen LogP contribution in [0.3, 0.4) is 0 Å². The van der Waals surface area contributed by atoms with Crippen molar-refractivity contribution in [2.24, 2.45) is 4.99 Å². The first-order chi connectivity index (χ1) is 16.0. The van der Waals surface area contributed by atoms with Gasteiger partial charge in [-0.1, -0.05) is 47.7 Å². The summed E-state index contributed by atoms with van der Waals surface area (Å²) in [7, 11) is 0. The Hall–Kier alpha value is -3.49. The number of rotatable bonds is 4. The molecule has 4 aromatic rings. The number of carbonyl (C=O) groups is 1. The van der Waals surface area contributed by atoms with Crippen LogP contribution in [0.2, 0.25) is 0 Å². The third-order valence-corrected chi connectivity index (χ3v) is 7.46. The molecular formula is C25H20N2O4S2. The standard InChI is InChI=1S/C25H20N2O4S2/c1-3-31-24(30)21-14(2)26-25-27(22(21)19-9-6-12-32-19)23(29)20(33-25)13-17-16-8-5-4-7-15(16)10-11-18(17)28/h4-13,22,28H,3H2,1-2H3. The smallest absolute Gasteiger partial charge is 0.338 e. The van der Waals surface area contributed by atoms with Gasteiger partial charge >= 0.3 is 5.97 Å². The summed E-state index contributed by atoms with van der Waals surface area (Å²) in [5.74, 6) is -0.379. The lowest BCUT2D eigenvalue weighted by Gasteiger charge is -2.23. The van der Waals surface area contributed by atoms with Crippen molar-refractivity contribution in [3.05, 3.63) is 95.3 Å². The van der Waals surface area contributed by atoms with E-state index in [1.165, 1.54) is 22.7 Å². The zero-order valence-electron chi connectivity index (χ0n) is 17.9. The van der Waals surface area contributed by atoms with Gasteiger partial charge < -0.3 is 9.84 Å². The molecule has 0 saturated heterocycles. The van der Waals surface area contributed by atoms with Gasteiger partial charge in [-0.25, -0.2) is 9.79 Å². The van der Waals surface area contributed by atoms with Gasteiger partial charge in [0.05, 0.1) is 22.4 Å². The number of phenols is 1. The Labute approximate surface area is 197 Å². The van der Waals surface area contributed by atoms with Crippen molar-refractivity contribution < 1.29 is 14.6 Å². The second kappa shape index (κ2) is 8.46. The van der Waals surface area contributed by atoms with Crippen LogP contribution in [0.25, 0.3) is 16.8 Å².